The third-order valence-electron chi connectivity index (χ3n) is 7.47. The molecule has 4 N–H and O–H groups in total. The maximum Gasteiger partial charge on any atom is 2.00 e. The van der Waals surface area contributed by atoms with Crippen LogP contribution in [0.4, 0.5) is 9.59 Å². The standard InChI is InChI=1S/C29H20N4O3P2.2C2H5NO2.2V/c34-14-37-28-30-12-25(32-28)19-3-5-21-20(10-19)13-36-26-11-17(2-7-23(21)26)16-1-6-22-18(9-16)4-8-24-27(22)33-29(31-24)38-15-35;2*1-5-2(3)4;;/h1-3,5-7,9-12,37-38H,4,8,13H2,(H,30,32)(H,31,33);2*1H3,(H2,3,4);;/q-2;;;2*+2/p-2. The van der Waals surface area contributed by atoms with Gasteiger partial charge in [0.1, 0.15) is 12.4 Å². The first kappa shape index (κ1) is 40.2. The molecule has 7 rings (SSSR count). The van der Waals surface area contributed by atoms with Crippen molar-refractivity contribution in [1.29, 1.82) is 0 Å². The Morgan fingerprint density at radius 2 is 1.36 bits per heavy atom. The van der Waals surface area contributed by atoms with Crippen LogP contribution in [0.5, 0.6) is 5.75 Å². The summed E-state index contributed by atoms with van der Waals surface area (Å²) in [6, 6.07) is 23.1. The Kier molecular flexibility index (Phi) is 15.0. The summed E-state index contributed by atoms with van der Waals surface area (Å²) in [4.78, 5) is 55.4. The molecule has 1 aliphatic heterocycles. The van der Waals surface area contributed by atoms with Gasteiger partial charge >= 0.3 is 37.1 Å². The van der Waals surface area contributed by atoms with E-state index >= 15 is 0 Å². The topological polar surface area (TPSA) is 201 Å². The second-order valence-corrected chi connectivity index (χ2v) is 12.1. The Balaban J connectivity index is 0.000000500. The van der Waals surface area contributed by atoms with Crippen molar-refractivity contribution in [1.82, 2.24) is 19.9 Å². The number of methoxy groups -OCH3 is 2. The van der Waals surface area contributed by atoms with Crippen molar-refractivity contribution >= 4 is 52.5 Å². The van der Waals surface area contributed by atoms with Crippen LogP contribution in [-0.4, -0.2) is 58.4 Å². The van der Waals surface area contributed by atoms with Crippen LogP contribution < -0.4 is 15.9 Å². The van der Waals surface area contributed by atoms with Crippen molar-refractivity contribution in [3.8, 4) is 50.5 Å². The van der Waals surface area contributed by atoms with E-state index in [4.69, 9.17) is 16.2 Å². The molecule has 0 bridgehead atoms. The molecule has 2 unspecified atom stereocenters. The molecule has 2 amide bonds. The van der Waals surface area contributed by atoms with Crippen LogP contribution in [0, 0.1) is 0 Å². The summed E-state index contributed by atoms with van der Waals surface area (Å²) in [7, 11) is 2.16. The first-order chi connectivity index (χ1) is 23.2. The monoisotopic (exact) mass is 784 g/mol. The molecule has 1 aliphatic carbocycles. The molecule has 2 aliphatic rings. The number of carbonyl (C=O) groups is 2. The summed E-state index contributed by atoms with van der Waals surface area (Å²) >= 11 is 0. The molecule has 0 saturated heterocycles. The van der Waals surface area contributed by atoms with Crippen molar-refractivity contribution in [2.45, 2.75) is 19.4 Å². The van der Waals surface area contributed by atoms with E-state index in [1.54, 1.807) is 6.20 Å². The zero-order valence-corrected chi connectivity index (χ0v) is 31.3. The fourth-order valence-corrected chi connectivity index (χ4v) is 6.21. The predicted molar refractivity (Wildman–Crippen MR) is 185 cm³/mol. The molecule has 5 aromatic rings. The molecule has 252 valence electrons. The van der Waals surface area contributed by atoms with Crippen LogP contribution in [0.1, 0.15) is 16.8 Å². The van der Waals surface area contributed by atoms with Gasteiger partial charge in [-0.25, -0.2) is 22.0 Å². The summed E-state index contributed by atoms with van der Waals surface area (Å²) in [5.41, 5.74) is 25.2. The second-order valence-electron chi connectivity index (χ2n) is 10.2. The van der Waals surface area contributed by atoms with Gasteiger partial charge < -0.3 is 45.2 Å². The van der Waals surface area contributed by atoms with Crippen LogP contribution in [0.25, 0.3) is 56.2 Å². The first-order valence-corrected chi connectivity index (χ1v) is 16.3. The van der Waals surface area contributed by atoms with Gasteiger partial charge in [-0.05, 0) is 58.4 Å². The Morgan fingerprint density at radius 1 is 0.780 bits per heavy atom. The maximum absolute atomic E-state index is 10.8. The van der Waals surface area contributed by atoms with E-state index in [-0.39, 0.29) is 54.3 Å². The minimum absolute atomic E-state index is 0. The van der Waals surface area contributed by atoms with Crippen LogP contribution in [0.3, 0.4) is 0 Å². The molecule has 2 atom stereocenters. The van der Waals surface area contributed by atoms with E-state index in [0.717, 1.165) is 88.8 Å². The van der Waals surface area contributed by atoms with E-state index in [2.05, 4.69) is 84.0 Å². The molecule has 0 fully saturated rings. The number of ether oxygens (including phenoxy) is 3. The van der Waals surface area contributed by atoms with Crippen LogP contribution >= 0.6 is 17.2 Å². The number of rotatable bonds is 6. The number of hydrogen-bond acceptors (Lipinski definition) is 9. The van der Waals surface area contributed by atoms with E-state index in [0.29, 0.717) is 17.7 Å². The number of aromatic nitrogens is 4. The summed E-state index contributed by atoms with van der Waals surface area (Å²) in [6.07, 6.45) is 1.56. The average molecular weight is 784 g/mol. The summed E-state index contributed by atoms with van der Waals surface area (Å²) in [5, 5.41) is 0. The van der Waals surface area contributed by atoms with Gasteiger partial charge in [0.15, 0.2) is 0 Å². The molecule has 0 spiro atoms. The minimum atomic E-state index is -0.995. The molecule has 2 radical (unpaired) electrons. The molecule has 50 heavy (non-hydrogen) atoms. The van der Waals surface area contributed by atoms with Crippen molar-refractivity contribution in [2.75, 3.05) is 14.2 Å². The van der Waals surface area contributed by atoms with Crippen LogP contribution in [0.2, 0.25) is 0 Å². The summed E-state index contributed by atoms with van der Waals surface area (Å²) in [6.45, 7) is 0.484. The number of nitrogens with one attached hydrogen (secondary N) is 4. The van der Waals surface area contributed by atoms with E-state index < -0.39 is 12.2 Å². The molecule has 3 heterocycles. The number of H-pyrrole nitrogens is 2. The smallest absolute Gasteiger partial charge is 0.632 e. The van der Waals surface area contributed by atoms with Gasteiger partial charge in [-0.15, -0.1) is 0 Å². The maximum atomic E-state index is 10.8. The Morgan fingerprint density at radius 3 is 2.02 bits per heavy atom. The number of hydrogen-bond donors (Lipinski definition) is 2. The molecule has 2 aromatic heterocycles. The fourth-order valence-electron chi connectivity index (χ4n) is 5.31. The Labute approximate surface area is 314 Å². The minimum Gasteiger partial charge on any atom is -0.632 e. The number of aryl methyl sites for hydroxylation is 2. The van der Waals surface area contributed by atoms with Crippen molar-refractivity contribution in [3.05, 3.63) is 89.1 Å². The van der Waals surface area contributed by atoms with Crippen LogP contribution in [0.15, 0.2) is 60.8 Å². The van der Waals surface area contributed by atoms with Gasteiger partial charge in [0.05, 0.1) is 42.9 Å². The molecular weight excluding hydrogens is 756 g/mol. The number of benzene rings is 3. The summed E-state index contributed by atoms with van der Waals surface area (Å²) in [5.74, 6) is 0.873. The second kappa shape index (κ2) is 18.7. The Hall–Kier alpha value is -4.21. The molecule has 0 saturated carbocycles. The van der Waals surface area contributed by atoms with Gasteiger partial charge in [0.2, 0.25) is 12.2 Å². The number of amides is 2. The number of aromatic amines is 2. The van der Waals surface area contributed by atoms with Gasteiger partial charge in [0.25, 0.3) is 0 Å². The van der Waals surface area contributed by atoms with Gasteiger partial charge in [0, 0.05) is 16.8 Å². The Bertz CT molecular complexity index is 1990. The first-order valence-electron chi connectivity index (χ1n) is 14.3. The zero-order valence-electron chi connectivity index (χ0n) is 26.5. The SMILES string of the molecule is COC([NH-])=O.COC([NH-])=O.O=[C-]Pc1ncc(-c2ccc3c(c2)COc2cc(-c4ccc5c(c4)CCc4[nH]c(P[C-]=O)nc4-5)ccc2-3)[nH]1.[V+2].[V+2]. The summed E-state index contributed by atoms with van der Waals surface area (Å²) < 4.78 is 13.8. The average Bonchev–Trinajstić information content (AvgIpc) is 3.75. The van der Waals surface area contributed by atoms with Crippen molar-refractivity contribution in [2.24, 2.45) is 0 Å². The molecular formula is C33H28N6O7P2V2. The van der Waals surface area contributed by atoms with E-state index in [1.807, 2.05) is 12.1 Å². The normalized spacial score (nSPS) is 11.7. The third kappa shape index (κ3) is 9.52. The quantitative estimate of drug-likeness (QED) is 0.150. The van der Waals surface area contributed by atoms with Gasteiger partial charge in [-0.1, -0.05) is 42.5 Å². The fraction of sp³-hybridized carbons (Fsp3) is 0.152. The molecule has 13 nitrogen and oxygen atoms in total. The third-order valence-corrected chi connectivity index (χ3v) is 8.64. The number of imidazole rings is 2. The van der Waals surface area contributed by atoms with E-state index in [9.17, 15) is 19.2 Å². The van der Waals surface area contributed by atoms with Crippen molar-refractivity contribution < 1.29 is 70.5 Å². The number of fused-ring (bicyclic) bond motifs is 6. The van der Waals surface area contributed by atoms with Crippen LogP contribution in [-0.2, 0) is 75.6 Å². The van der Waals surface area contributed by atoms with Gasteiger partial charge in [-0.3, -0.25) is 9.59 Å². The van der Waals surface area contributed by atoms with Crippen molar-refractivity contribution in [3.63, 3.8) is 0 Å². The zero-order chi connectivity index (χ0) is 34.2. The van der Waals surface area contributed by atoms with Gasteiger partial charge in [-0.2, -0.15) is 17.2 Å². The molecule has 3 aromatic carbocycles. The number of carbonyl (C=O) groups excluding carboxylic acids is 4. The predicted octanol–water partition coefficient (Wildman–Crippen LogP) is 6.14. The van der Waals surface area contributed by atoms with E-state index in [1.165, 1.54) is 5.56 Å². The molecule has 17 heteroatoms. The largest absolute Gasteiger partial charge is 2.00 e. The number of nitrogens with zero attached hydrogens (tertiary/aromatic N) is 2.